The Bertz CT molecular complexity index is 1650. The van der Waals surface area contributed by atoms with E-state index in [1.54, 1.807) is 31.5 Å². The van der Waals surface area contributed by atoms with Gasteiger partial charge in [-0.2, -0.15) is 0 Å². The molecule has 2 atom stereocenters. The van der Waals surface area contributed by atoms with Crippen LogP contribution < -0.4 is 16.2 Å². The Hall–Kier alpha value is -3.67. The van der Waals surface area contributed by atoms with Crippen LogP contribution in [0.1, 0.15) is 59.2 Å². The van der Waals surface area contributed by atoms with Crippen molar-refractivity contribution in [3.63, 3.8) is 0 Å². The SMILES string of the molecule is CC[C@@]1(O)C(=O)OCc2c1cc1n(c2=O)Cc2c-1nc1cc(F)c(C)c3c1c2[C@@H](NC(=O)COCCNC)CC3. The molecule has 0 radical (unpaired) electrons. The second-order valence-corrected chi connectivity index (χ2v) is 10.6. The lowest BCUT2D eigenvalue weighted by Gasteiger charge is -2.31. The molecule has 4 heterocycles. The van der Waals surface area contributed by atoms with Crippen molar-refractivity contribution >= 4 is 22.8 Å². The number of fused-ring (bicyclic) bond motifs is 5. The third kappa shape index (κ3) is 3.87. The third-order valence-corrected chi connectivity index (χ3v) is 8.44. The summed E-state index contributed by atoms with van der Waals surface area (Å²) < 4.78 is 27.2. The van der Waals surface area contributed by atoms with Gasteiger partial charge in [0.15, 0.2) is 5.60 Å². The molecular weight excluding hydrogens is 519 g/mol. The van der Waals surface area contributed by atoms with Gasteiger partial charge in [-0.05, 0) is 56.0 Å². The first kappa shape index (κ1) is 26.5. The van der Waals surface area contributed by atoms with E-state index < -0.39 is 17.6 Å². The van der Waals surface area contributed by atoms with Crippen LogP contribution in [-0.2, 0) is 44.2 Å². The number of hydrogen-bond donors (Lipinski definition) is 3. The maximum Gasteiger partial charge on any atom is 0.343 e. The quantitative estimate of drug-likeness (QED) is 0.235. The lowest BCUT2D eigenvalue weighted by atomic mass is 9.81. The van der Waals surface area contributed by atoms with Crippen molar-refractivity contribution < 1.29 is 28.6 Å². The number of carbonyl (C=O) groups excluding carboxylic acids is 2. The van der Waals surface area contributed by atoms with E-state index in [-0.39, 0.29) is 54.6 Å². The van der Waals surface area contributed by atoms with E-state index >= 15 is 4.39 Å². The van der Waals surface area contributed by atoms with Crippen LogP contribution >= 0.6 is 0 Å². The molecule has 1 aliphatic carbocycles. The average Bonchev–Trinajstić information content (AvgIpc) is 3.31. The van der Waals surface area contributed by atoms with E-state index in [2.05, 4.69) is 10.6 Å². The summed E-state index contributed by atoms with van der Waals surface area (Å²) in [7, 11) is 1.80. The van der Waals surface area contributed by atoms with Crippen molar-refractivity contribution in [3.05, 3.63) is 61.7 Å². The molecule has 0 saturated heterocycles. The van der Waals surface area contributed by atoms with Gasteiger partial charge < -0.3 is 29.8 Å². The number of rotatable bonds is 7. The fourth-order valence-corrected chi connectivity index (χ4v) is 6.27. The number of nitrogens with zero attached hydrogens (tertiary/aromatic N) is 2. The maximum absolute atomic E-state index is 15.0. The highest BCUT2D eigenvalue weighted by Crippen LogP contribution is 2.45. The van der Waals surface area contributed by atoms with Crippen LogP contribution in [0.15, 0.2) is 16.9 Å². The smallest absolute Gasteiger partial charge is 0.343 e. The molecule has 0 spiro atoms. The summed E-state index contributed by atoms with van der Waals surface area (Å²) in [6.07, 6.45) is 1.14. The molecule has 0 bridgehead atoms. The molecule has 210 valence electrons. The first-order chi connectivity index (χ1) is 19.2. The van der Waals surface area contributed by atoms with Gasteiger partial charge in [0, 0.05) is 29.1 Å². The van der Waals surface area contributed by atoms with Gasteiger partial charge in [-0.25, -0.2) is 14.2 Å². The zero-order valence-electron chi connectivity index (χ0n) is 22.6. The molecule has 0 unspecified atom stereocenters. The molecule has 11 heteroatoms. The number of cyclic esters (lactones) is 1. The Labute approximate surface area is 229 Å². The van der Waals surface area contributed by atoms with E-state index in [0.29, 0.717) is 48.5 Å². The first-order valence-corrected chi connectivity index (χ1v) is 13.5. The van der Waals surface area contributed by atoms with Crippen LogP contribution in [0.3, 0.4) is 0 Å². The number of likely N-dealkylation sites (N-methyl/N-ethyl adjacent to an activating group) is 1. The summed E-state index contributed by atoms with van der Waals surface area (Å²) in [5, 5.41) is 18.0. The lowest BCUT2D eigenvalue weighted by Crippen LogP contribution is -2.44. The number of aromatic nitrogens is 2. The van der Waals surface area contributed by atoms with Crippen LogP contribution in [-0.4, -0.2) is 53.3 Å². The highest BCUT2D eigenvalue weighted by atomic mass is 19.1. The van der Waals surface area contributed by atoms with Gasteiger partial charge in [0.05, 0.1) is 41.7 Å². The number of benzene rings is 1. The highest BCUT2D eigenvalue weighted by Gasteiger charge is 2.46. The van der Waals surface area contributed by atoms with Crippen LogP contribution in [0, 0.1) is 12.7 Å². The number of carbonyl (C=O) groups is 2. The fraction of sp³-hybridized carbons (Fsp3) is 0.448. The van der Waals surface area contributed by atoms with E-state index in [9.17, 15) is 19.5 Å². The molecule has 2 aromatic heterocycles. The molecule has 40 heavy (non-hydrogen) atoms. The third-order valence-electron chi connectivity index (χ3n) is 8.44. The predicted octanol–water partition coefficient (Wildman–Crippen LogP) is 1.87. The van der Waals surface area contributed by atoms with E-state index in [0.717, 1.165) is 22.1 Å². The number of pyridine rings is 2. The number of aliphatic hydroxyl groups is 1. The average molecular weight is 551 g/mol. The van der Waals surface area contributed by atoms with Crippen molar-refractivity contribution in [1.82, 2.24) is 20.2 Å². The van der Waals surface area contributed by atoms with Gasteiger partial charge >= 0.3 is 5.97 Å². The Balaban J connectivity index is 1.52. The second-order valence-electron chi connectivity index (χ2n) is 10.6. The van der Waals surface area contributed by atoms with Gasteiger partial charge in [0.2, 0.25) is 5.91 Å². The summed E-state index contributed by atoms with van der Waals surface area (Å²) >= 11 is 0. The number of hydrogen-bond acceptors (Lipinski definition) is 8. The normalized spacial score (nSPS) is 20.6. The molecule has 0 saturated carbocycles. The van der Waals surface area contributed by atoms with Crippen LogP contribution in [0.5, 0.6) is 0 Å². The summed E-state index contributed by atoms with van der Waals surface area (Å²) in [4.78, 5) is 43.9. The van der Waals surface area contributed by atoms with Gasteiger partial charge in [-0.15, -0.1) is 0 Å². The summed E-state index contributed by atoms with van der Waals surface area (Å²) in [6.45, 7) is 4.26. The molecule has 6 rings (SSSR count). The molecule has 10 nitrogen and oxygen atoms in total. The van der Waals surface area contributed by atoms with Crippen LogP contribution in [0.25, 0.3) is 22.3 Å². The van der Waals surface area contributed by atoms with Gasteiger partial charge in [-0.1, -0.05) is 6.92 Å². The van der Waals surface area contributed by atoms with Crippen LogP contribution in [0.2, 0.25) is 0 Å². The summed E-state index contributed by atoms with van der Waals surface area (Å²) in [5.74, 6) is -1.44. The molecular formula is C29H31FN4O6. The number of amides is 1. The van der Waals surface area contributed by atoms with Gasteiger partial charge in [0.25, 0.3) is 5.56 Å². The zero-order valence-corrected chi connectivity index (χ0v) is 22.6. The number of esters is 1. The van der Waals surface area contributed by atoms with Crippen molar-refractivity contribution in [2.75, 3.05) is 26.8 Å². The Kier molecular flexibility index (Phi) is 6.47. The predicted molar refractivity (Wildman–Crippen MR) is 143 cm³/mol. The van der Waals surface area contributed by atoms with E-state index in [1.165, 1.54) is 6.07 Å². The highest BCUT2D eigenvalue weighted by molar-refractivity contribution is 5.94. The fourth-order valence-electron chi connectivity index (χ4n) is 6.27. The number of ether oxygens (including phenoxy) is 2. The van der Waals surface area contributed by atoms with Gasteiger partial charge in [0.1, 0.15) is 19.0 Å². The standard InChI is InChI=1S/C29H31FN4O6/c1-4-29(38)18-9-22-26-16(11-34(22)27(36)17(18)12-40-28(29)37)25-20(32-23(35)13-39-8-7-31-3)6-5-15-14(2)19(30)10-21(33-26)24(15)25/h9-10,20,31,38H,4-8,11-13H2,1-3H3,(H,32,35)/t20-,29-/m0/s1. The monoisotopic (exact) mass is 550 g/mol. The lowest BCUT2D eigenvalue weighted by molar-refractivity contribution is -0.172. The van der Waals surface area contributed by atoms with Crippen molar-refractivity contribution in [1.29, 1.82) is 0 Å². The molecule has 3 N–H and O–H groups in total. The van der Waals surface area contributed by atoms with E-state index in [1.807, 2.05) is 0 Å². The molecule has 0 fully saturated rings. The van der Waals surface area contributed by atoms with Crippen molar-refractivity contribution in [3.8, 4) is 11.4 Å². The largest absolute Gasteiger partial charge is 0.458 e. The molecule has 1 aromatic carbocycles. The summed E-state index contributed by atoms with van der Waals surface area (Å²) in [6, 6.07) is 2.63. The van der Waals surface area contributed by atoms with Gasteiger partial charge in [-0.3, -0.25) is 9.59 Å². The number of halogens is 1. The maximum atomic E-state index is 15.0. The topological polar surface area (TPSA) is 132 Å². The van der Waals surface area contributed by atoms with Crippen molar-refractivity contribution in [2.45, 2.75) is 57.9 Å². The minimum atomic E-state index is -1.95. The Morgan fingerprint density at radius 3 is 2.85 bits per heavy atom. The number of nitrogens with one attached hydrogen (secondary N) is 2. The van der Waals surface area contributed by atoms with Crippen molar-refractivity contribution in [2.24, 2.45) is 0 Å². The molecule has 1 amide bonds. The van der Waals surface area contributed by atoms with Crippen LogP contribution in [0.4, 0.5) is 4.39 Å². The van der Waals surface area contributed by atoms with E-state index in [4.69, 9.17) is 14.5 Å². The Morgan fingerprint density at radius 1 is 1.30 bits per heavy atom. The molecule has 3 aliphatic rings. The first-order valence-electron chi connectivity index (χ1n) is 13.5. The molecule has 3 aromatic rings. The Morgan fingerprint density at radius 2 is 2.10 bits per heavy atom. The number of aryl methyl sites for hydroxylation is 1. The minimum absolute atomic E-state index is 0.0311. The zero-order chi connectivity index (χ0) is 28.3. The second kappa shape index (κ2) is 9.76. The summed E-state index contributed by atoms with van der Waals surface area (Å²) in [5.41, 5.74) is 2.41. The minimum Gasteiger partial charge on any atom is -0.458 e. The molecule has 2 aliphatic heterocycles.